The largest absolute Gasteiger partial charge is 0.375 e. The topological polar surface area (TPSA) is 34.1 Å². The van der Waals surface area contributed by atoms with Crippen molar-refractivity contribution in [3.8, 4) is 0 Å². The van der Waals surface area contributed by atoms with E-state index in [1.54, 1.807) is 11.3 Å². The van der Waals surface area contributed by atoms with Gasteiger partial charge in [-0.1, -0.05) is 13.8 Å². The molecule has 0 saturated heterocycles. The molecule has 0 atom stereocenters. The third-order valence-corrected chi connectivity index (χ3v) is 2.78. The molecule has 3 nitrogen and oxygen atoms in total. The highest BCUT2D eigenvalue weighted by Gasteiger charge is 2.01. The van der Waals surface area contributed by atoms with Crippen LogP contribution in [0.3, 0.4) is 0 Å². The van der Waals surface area contributed by atoms with Crippen molar-refractivity contribution in [1.82, 2.24) is 10.3 Å². The maximum absolute atomic E-state index is 5.30. The summed E-state index contributed by atoms with van der Waals surface area (Å²) in [6.07, 6.45) is 0. The second-order valence-corrected chi connectivity index (χ2v) is 4.84. The number of hydrogen-bond donors (Lipinski definition) is 1. The Kier molecular flexibility index (Phi) is 5.83. The minimum Gasteiger partial charge on any atom is -0.375 e. The molecule has 0 saturated carbocycles. The first-order valence-electron chi connectivity index (χ1n) is 5.44. The number of ether oxygens (including phenoxy) is 1. The van der Waals surface area contributed by atoms with Gasteiger partial charge in [0.05, 0.1) is 12.3 Å². The van der Waals surface area contributed by atoms with Crippen LogP contribution in [0, 0.1) is 5.92 Å². The van der Waals surface area contributed by atoms with Gasteiger partial charge in [-0.05, 0) is 19.4 Å². The fourth-order valence-corrected chi connectivity index (χ4v) is 1.92. The summed E-state index contributed by atoms with van der Waals surface area (Å²) in [5.74, 6) is 0.688. The maximum atomic E-state index is 5.30. The van der Waals surface area contributed by atoms with Gasteiger partial charge in [0, 0.05) is 18.5 Å². The molecule has 0 unspecified atom stereocenters. The lowest BCUT2D eigenvalue weighted by atomic mass is 10.2. The molecule has 0 aliphatic carbocycles. The molecule has 15 heavy (non-hydrogen) atoms. The summed E-state index contributed by atoms with van der Waals surface area (Å²) >= 11 is 1.70. The lowest BCUT2D eigenvalue weighted by Crippen LogP contribution is -2.18. The Hall–Kier alpha value is -0.450. The lowest BCUT2D eigenvalue weighted by Gasteiger charge is -2.04. The van der Waals surface area contributed by atoms with Crippen LogP contribution < -0.4 is 5.32 Å². The van der Waals surface area contributed by atoms with Gasteiger partial charge in [-0.25, -0.2) is 4.98 Å². The van der Waals surface area contributed by atoms with Crippen LogP contribution >= 0.6 is 11.3 Å². The Morgan fingerprint density at radius 3 is 3.00 bits per heavy atom. The third-order valence-electron chi connectivity index (χ3n) is 1.88. The Bertz CT molecular complexity index is 273. The summed E-state index contributed by atoms with van der Waals surface area (Å²) in [6, 6.07) is 0. The van der Waals surface area contributed by atoms with E-state index < -0.39 is 0 Å². The summed E-state index contributed by atoms with van der Waals surface area (Å²) < 4.78 is 5.30. The highest BCUT2D eigenvalue weighted by Crippen LogP contribution is 2.10. The predicted molar refractivity (Wildman–Crippen MR) is 64.0 cm³/mol. The maximum Gasteiger partial charge on any atom is 0.107 e. The number of aromatic nitrogens is 1. The quantitative estimate of drug-likeness (QED) is 0.778. The highest BCUT2D eigenvalue weighted by atomic mass is 32.1. The van der Waals surface area contributed by atoms with Gasteiger partial charge < -0.3 is 10.1 Å². The van der Waals surface area contributed by atoms with Gasteiger partial charge in [0.1, 0.15) is 5.01 Å². The smallest absolute Gasteiger partial charge is 0.107 e. The van der Waals surface area contributed by atoms with Crippen LogP contribution in [0.1, 0.15) is 31.5 Å². The molecule has 1 rings (SSSR count). The molecule has 0 spiro atoms. The van der Waals surface area contributed by atoms with Crippen molar-refractivity contribution in [1.29, 1.82) is 0 Å². The molecule has 0 aliphatic rings. The van der Waals surface area contributed by atoms with Crippen molar-refractivity contribution < 1.29 is 4.74 Å². The summed E-state index contributed by atoms with van der Waals surface area (Å²) in [5, 5.41) is 6.59. The van der Waals surface area contributed by atoms with Crippen LogP contribution in [-0.2, 0) is 17.9 Å². The first kappa shape index (κ1) is 12.6. The third kappa shape index (κ3) is 5.25. The van der Waals surface area contributed by atoms with Crippen molar-refractivity contribution in [3.05, 3.63) is 16.1 Å². The van der Waals surface area contributed by atoms with Gasteiger partial charge in [-0.2, -0.15) is 0 Å². The molecule has 0 fully saturated rings. The van der Waals surface area contributed by atoms with Crippen LogP contribution in [0.2, 0.25) is 0 Å². The second kappa shape index (κ2) is 6.93. The average molecular weight is 228 g/mol. The van der Waals surface area contributed by atoms with E-state index in [0.717, 1.165) is 30.4 Å². The number of nitrogens with one attached hydrogen (secondary N) is 1. The van der Waals surface area contributed by atoms with Crippen molar-refractivity contribution in [2.75, 3.05) is 13.2 Å². The Morgan fingerprint density at radius 2 is 2.33 bits per heavy atom. The monoisotopic (exact) mass is 228 g/mol. The van der Waals surface area contributed by atoms with Gasteiger partial charge in [-0.3, -0.25) is 0 Å². The Labute approximate surface area is 95.9 Å². The molecule has 1 N–H and O–H groups in total. The minimum absolute atomic E-state index is 0.636. The standard InChI is InChI=1S/C11H20N2OS/c1-4-14-7-10-8-15-11(13-10)6-12-5-9(2)3/h8-9,12H,4-7H2,1-3H3. The van der Waals surface area contributed by atoms with E-state index >= 15 is 0 Å². The zero-order chi connectivity index (χ0) is 11.1. The zero-order valence-electron chi connectivity index (χ0n) is 9.75. The van der Waals surface area contributed by atoms with E-state index in [-0.39, 0.29) is 0 Å². The van der Waals surface area contributed by atoms with Crippen molar-refractivity contribution in [2.45, 2.75) is 33.9 Å². The molecule has 86 valence electrons. The fraction of sp³-hybridized carbons (Fsp3) is 0.727. The number of rotatable bonds is 7. The first-order valence-corrected chi connectivity index (χ1v) is 6.32. The van der Waals surface area contributed by atoms with Crippen LogP contribution in [0.15, 0.2) is 5.38 Å². The van der Waals surface area contributed by atoms with E-state index in [1.807, 2.05) is 6.92 Å². The minimum atomic E-state index is 0.636. The molecule has 0 bridgehead atoms. The van der Waals surface area contributed by atoms with E-state index in [2.05, 4.69) is 29.5 Å². The molecule has 4 heteroatoms. The Morgan fingerprint density at radius 1 is 1.53 bits per heavy atom. The molecular weight excluding hydrogens is 208 g/mol. The van der Waals surface area contributed by atoms with E-state index in [0.29, 0.717) is 12.5 Å². The molecule has 1 aromatic heterocycles. The molecule has 0 aromatic carbocycles. The van der Waals surface area contributed by atoms with E-state index in [4.69, 9.17) is 4.74 Å². The van der Waals surface area contributed by atoms with Crippen molar-refractivity contribution >= 4 is 11.3 Å². The summed E-state index contributed by atoms with van der Waals surface area (Å²) in [5.41, 5.74) is 1.04. The van der Waals surface area contributed by atoms with Gasteiger partial charge in [0.25, 0.3) is 0 Å². The first-order chi connectivity index (χ1) is 7.22. The normalized spacial score (nSPS) is 11.2. The number of nitrogens with zero attached hydrogens (tertiary/aromatic N) is 1. The fourth-order valence-electron chi connectivity index (χ4n) is 1.17. The highest BCUT2D eigenvalue weighted by molar-refractivity contribution is 7.09. The Balaban J connectivity index is 2.26. The molecule has 1 heterocycles. The van der Waals surface area contributed by atoms with Gasteiger partial charge in [0.2, 0.25) is 0 Å². The van der Waals surface area contributed by atoms with Crippen molar-refractivity contribution in [2.24, 2.45) is 5.92 Å². The number of thiazole rings is 1. The number of hydrogen-bond acceptors (Lipinski definition) is 4. The van der Waals surface area contributed by atoms with Crippen LogP contribution in [0.5, 0.6) is 0 Å². The summed E-state index contributed by atoms with van der Waals surface area (Å²) in [7, 11) is 0. The molecule has 0 aliphatic heterocycles. The van der Waals surface area contributed by atoms with Crippen LogP contribution in [-0.4, -0.2) is 18.1 Å². The van der Waals surface area contributed by atoms with Gasteiger partial charge in [0.15, 0.2) is 0 Å². The molecule has 1 aromatic rings. The van der Waals surface area contributed by atoms with Gasteiger partial charge >= 0.3 is 0 Å². The molecule has 0 amide bonds. The van der Waals surface area contributed by atoms with Crippen molar-refractivity contribution in [3.63, 3.8) is 0 Å². The lowest BCUT2D eigenvalue weighted by molar-refractivity contribution is 0.131. The summed E-state index contributed by atoms with van der Waals surface area (Å²) in [6.45, 7) is 9.70. The predicted octanol–water partition coefficient (Wildman–Crippen LogP) is 2.43. The second-order valence-electron chi connectivity index (χ2n) is 3.89. The average Bonchev–Trinajstić information content (AvgIpc) is 2.62. The summed E-state index contributed by atoms with van der Waals surface area (Å²) in [4.78, 5) is 4.48. The van der Waals surface area contributed by atoms with Crippen LogP contribution in [0.25, 0.3) is 0 Å². The molecule has 0 radical (unpaired) electrons. The van der Waals surface area contributed by atoms with Gasteiger partial charge in [-0.15, -0.1) is 11.3 Å². The zero-order valence-corrected chi connectivity index (χ0v) is 10.6. The SMILES string of the molecule is CCOCc1csc(CNCC(C)C)n1. The van der Waals surface area contributed by atoms with E-state index in [9.17, 15) is 0 Å². The molecular formula is C11H20N2OS. The van der Waals surface area contributed by atoms with Crippen LogP contribution in [0.4, 0.5) is 0 Å². The van der Waals surface area contributed by atoms with E-state index in [1.165, 1.54) is 0 Å².